The Morgan fingerprint density at radius 1 is 1.28 bits per heavy atom. The van der Waals surface area contributed by atoms with Gasteiger partial charge in [0.15, 0.2) is 6.79 Å². The Hall–Kier alpha value is -1.47. The number of hydrogen-bond donors (Lipinski definition) is 1. The van der Waals surface area contributed by atoms with Crippen molar-refractivity contribution < 1.29 is 32.5 Å². The molecular formula is C11H13F3O4. The van der Waals surface area contributed by atoms with Crippen molar-refractivity contribution >= 4 is 0 Å². The van der Waals surface area contributed by atoms with Gasteiger partial charge in [-0.05, 0) is 12.1 Å². The molecule has 0 atom stereocenters. The summed E-state index contributed by atoms with van der Waals surface area (Å²) in [6.07, 6.45) is -4.39. The first-order valence-electron chi connectivity index (χ1n) is 5.01. The van der Waals surface area contributed by atoms with Crippen molar-refractivity contribution in [3.63, 3.8) is 0 Å². The number of benzene rings is 1. The minimum absolute atomic E-state index is 0.221. The van der Waals surface area contributed by atoms with E-state index in [0.29, 0.717) is 11.3 Å². The van der Waals surface area contributed by atoms with Gasteiger partial charge in [0, 0.05) is 11.6 Å². The Labute approximate surface area is 102 Å². The Morgan fingerprint density at radius 2 is 2.00 bits per heavy atom. The molecular weight excluding hydrogens is 253 g/mol. The van der Waals surface area contributed by atoms with Crippen LogP contribution in [0.15, 0.2) is 18.2 Å². The predicted octanol–water partition coefficient (Wildman–Crippen LogP) is 2.10. The van der Waals surface area contributed by atoms with E-state index >= 15 is 0 Å². The van der Waals surface area contributed by atoms with Gasteiger partial charge in [-0.3, -0.25) is 0 Å². The first-order valence-corrected chi connectivity index (χ1v) is 5.01. The van der Waals surface area contributed by atoms with Crippen LogP contribution in [-0.2, 0) is 11.3 Å². The number of alkyl halides is 3. The minimum Gasteiger partial charge on any atom is -0.497 e. The molecule has 0 unspecified atom stereocenters. The summed E-state index contributed by atoms with van der Waals surface area (Å²) in [5.41, 5.74) is 0.436. The normalized spacial score (nSPS) is 11.4. The van der Waals surface area contributed by atoms with E-state index in [1.165, 1.54) is 13.2 Å². The molecule has 0 heterocycles. The summed E-state index contributed by atoms with van der Waals surface area (Å²) in [5, 5.41) is 9.03. The van der Waals surface area contributed by atoms with Gasteiger partial charge in [0.05, 0.1) is 13.7 Å². The van der Waals surface area contributed by atoms with Gasteiger partial charge in [-0.25, -0.2) is 0 Å². The summed E-state index contributed by atoms with van der Waals surface area (Å²) < 4.78 is 49.7. The molecule has 0 aliphatic carbocycles. The molecule has 7 heteroatoms. The van der Waals surface area contributed by atoms with Gasteiger partial charge in [-0.2, -0.15) is 13.2 Å². The molecule has 18 heavy (non-hydrogen) atoms. The average molecular weight is 266 g/mol. The van der Waals surface area contributed by atoms with Crippen LogP contribution in [-0.4, -0.2) is 31.8 Å². The smallest absolute Gasteiger partial charge is 0.411 e. The van der Waals surface area contributed by atoms with Crippen LogP contribution in [0.4, 0.5) is 13.2 Å². The SMILES string of the molecule is COc1ccc(CO)c(OCOCC(F)(F)F)c1. The molecule has 0 saturated carbocycles. The summed E-state index contributed by atoms with van der Waals surface area (Å²) in [6, 6.07) is 4.62. The van der Waals surface area contributed by atoms with Crippen LogP contribution < -0.4 is 9.47 Å². The molecule has 0 fully saturated rings. The number of aliphatic hydroxyl groups excluding tert-OH is 1. The van der Waals surface area contributed by atoms with E-state index in [9.17, 15) is 13.2 Å². The molecule has 0 bridgehead atoms. The molecule has 1 N–H and O–H groups in total. The molecule has 0 saturated heterocycles. The van der Waals surface area contributed by atoms with E-state index in [2.05, 4.69) is 4.74 Å². The van der Waals surface area contributed by atoms with Crippen LogP contribution in [0.25, 0.3) is 0 Å². The number of methoxy groups -OCH3 is 1. The third kappa shape index (κ3) is 4.80. The van der Waals surface area contributed by atoms with Crippen LogP contribution in [0.1, 0.15) is 5.56 Å². The monoisotopic (exact) mass is 266 g/mol. The van der Waals surface area contributed by atoms with Gasteiger partial charge in [-0.15, -0.1) is 0 Å². The Balaban J connectivity index is 2.54. The fraction of sp³-hybridized carbons (Fsp3) is 0.455. The highest BCUT2D eigenvalue weighted by molar-refractivity contribution is 5.40. The highest BCUT2D eigenvalue weighted by Gasteiger charge is 2.27. The number of hydrogen-bond acceptors (Lipinski definition) is 4. The van der Waals surface area contributed by atoms with Gasteiger partial charge < -0.3 is 19.3 Å². The minimum atomic E-state index is -4.39. The average Bonchev–Trinajstić information content (AvgIpc) is 2.33. The van der Waals surface area contributed by atoms with Crippen molar-refractivity contribution in [2.75, 3.05) is 20.5 Å². The summed E-state index contributed by atoms with van der Waals surface area (Å²) >= 11 is 0. The summed E-state index contributed by atoms with van der Waals surface area (Å²) in [4.78, 5) is 0. The summed E-state index contributed by atoms with van der Waals surface area (Å²) in [7, 11) is 1.44. The first-order chi connectivity index (χ1) is 8.46. The van der Waals surface area contributed by atoms with Crippen molar-refractivity contribution in [3.05, 3.63) is 23.8 Å². The largest absolute Gasteiger partial charge is 0.497 e. The van der Waals surface area contributed by atoms with Crippen molar-refractivity contribution in [1.29, 1.82) is 0 Å². The van der Waals surface area contributed by atoms with E-state index in [0.717, 1.165) is 0 Å². The topological polar surface area (TPSA) is 47.9 Å². The molecule has 1 aromatic rings. The Morgan fingerprint density at radius 3 is 2.56 bits per heavy atom. The molecule has 102 valence electrons. The lowest BCUT2D eigenvalue weighted by atomic mass is 10.2. The van der Waals surface area contributed by atoms with Gasteiger partial charge in [0.1, 0.15) is 18.1 Å². The maximum absolute atomic E-state index is 11.8. The van der Waals surface area contributed by atoms with Gasteiger partial charge in [-0.1, -0.05) is 0 Å². The van der Waals surface area contributed by atoms with Gasteiger partial charge in [0.2, 0.25) is 0 Å². The van der Waals surface area contributed by atoms with E-state index in [-0.39, 0.29) is 12.4 Å². The molecule has 1 aromatic carbocycles. The maximum atomic E-state index is 11.8. The molecule has 0 aliphatic heterocycles. The van der Waals surface area contributed by atoms with Crippen molar-refractivity contribution in [1.82, 2.24) is 0 Å². The second-order valence-electron chi connectivity index (χ2n) is 3.36. The second kappa shape index (κ2) is 6.46. The maximum Gasteiger partial charge on any atom is 0.411 e. The van der Waals surface area contributed by atoms with Crippen molar-refractivity contribution in [3.8, 4) is 11.5 Å². The fourth-order valence-electron chi connectivity index (χ4n) is 1.19. The van der Waals surface area contributed by atoms with Crippen molar-refractivity contribution in [2.45, 2.75) is 12.8 Å². The van der Waals surface area contributed by atoms with Crippen LogP contribution >= 0.6 is 0 Å². The standard InChI is InChI=1S/C11H13F3O4/c1-16-9-3-2-8(5-15)10(4-9)18-7-17-6-11(12,13)14/h2-4,15H,5-7H2,1H3. The summed E-state index contributed by atoms with van der Waals surface area (Å²) in [5.74, 6) is 0.692. The molecule has 0 amide bonds. The van der Waals surface area contributed by atoms with E-state index in [1.54, 1.807) is 12.1 Å². The number of aliphatic hydroxyl groups is 1. The molecule has 0 aromatic heterocycles. The van der Waals surface area contributed by atoms with Gasteiger partial charge in [0.25, 0.3) is 0 Å². The number of ether oxygens (including phenoxy) is 3. The quantitative estimate of drug-likeness (QED) is 0.632. The number of halogens is 3. The number of rotatable bonds is 6. The van der Waals surface area contributed by atoms with E-state index < -0.39 is 19.6 Å². The predicted molar refractivity (Wildman–Crippen MR) is 56.4 cm³/mol. The van der Waals surface area contributed by atoms with Crippen LogP contribution in [0.5, 0.6) is 11.5 Å². The lowest BCUT2D eigenvalue weighted by molar-refractivity contribution is -0.186. The highest BCUT2D eigenvalue weighted by Crippen LogP contribution is 2.25. The Bertz CT molecular complexity index is 379. The third-order valence-corrected chi connectivity index (χ3v) is 2.01. The molecule has 0 aliphatic rings. The summed E-state index contributed by atoms with van der Waals surface area (Å²) in [6.45, 7) is -2.23. The molecule has 4 nitrogen and oxygen atoms in total. The highest BCUT2D eigenvalue weighted by atomic mass is 19.4. The molecule has 0 spiro atoms. The lowest BCUT2D eigenvalue weighted by Gasteiger charge is -2.12. The van der Waals surface area contributed by atoms with Crippen LogP contribution in [0.3, 0.4) is 0 Å². The van der Waals surface area contributed by atoms with Crippen LogP contribution in [0, 0.1) is 0 Å². The zero-order valence-corrected chi connectivity index (χ0v) is 9.66. The first kappa shape index (κ1) is 14.6. The zero-order chi connectivity index (χ0) is 13.6. The molecule has 0 radical (unpaired) electrons. The van der Waals surface area contributed by atoms with Crippen molar-refractivity contribution in [2.24, 2.45) is 0 Å². The zero-order valence-electron chi connectivity index (χ0n) is 9.66. The second-order valence-corrected chi connectivity index (χ2v) is 3.36. The van der Waals surface area contributed by atoms with Gasteiger partial charge >= 0.3 is 6.18 Å². The molecule has 1 rings (SSSR count). The van der Waals surface area contributed by atoms with Crippen LogP contribution in [0.2, 0.25) is 0 Å². The fourth-order valence-corrected chi connectivity index (χ4v) is 1.19. The third-order valence-electron chi connectivity index (χ3n) is 2.01. The van der Waals surface area contributed by atoms with E-state index in [4.69, 9.17) is 14.6 Å². The van der Waals surface area contributed by atoms with E-state index in [1.807, 2.05) is 0 Å². The Kier molecular flexibility index (Phi) is 5.24. The lowest BCUT2D eigenvalue weighted by Crippen LogP contribution is -2.19.